The Labute approximate surface area is 135 Å². The number of benzene rings is 2. The summed E-state index contributed by atoms with van der Waals surface area (Å²) in [5.74, 6) is -0.0301. The van der Waals surface area contributed by atoms with E-state index in [1.165, 1.54) is 0 Å². The van der Waals surface area contributed by atoms with Gasteiger partial charge in [-0.2, -0.15) is 0 Å². The van der Waals surface area contributed by atoms with Crippen LogP contribution >= 0.6 is 27.5 Å². The minimum absolute atomic E-state index is 0.228. The molecule has 0 bridgehead atoms. The number of hydrogen-bond donors (Lipinski definition) is 1. The van der Waals surface area contributed by atoms with Gasteiger partial charge in [-0.05, 0) is 40.2 Å². The third-order valence-corrected chi connectivity index (χ3v) is 3.57. The van der Waals surface area contributed by atoms with E-state index in [1.807, 2.05) is 0 Å². The van der Waals surface area contributed by atoms with Gasteiger partial charge in [0.1, 0.15) is 5.75 Å². The number of aldehydes is 1. The zero-order valence-electron chi connectivity index (χ0n) is 10.8. The van der Waals surface area contributed by atoms with Crippen LogP contribution in [0.4, 0.5) is 5.69 Å². The highest BCUT2D eigenvalue weighted by molar-refractivity contribution is 9.10. The lowest BCUT2D eigenvalue weighted by Crippen LogP contribution is -2.20. The molecule has 4 nitrogen and oxygen atoms in total. The lowest BCUT2D eigenvalue weighted by Gasteiger charge is -2.11. The number of hydrogen-bond acceptors (Lipinski definition) is 3. The standard InChI is InChI=1S/C15H11BrClNO3/c16-11-5-3-4-10(8-19)15(11)21-9-14(20)18-13-7-2-1-6-12(13)17/h1-8H,9H2,(H,18,20). The van der Waals surface area contributed by atoms with Crippen LogP contribution in [0.25, 0.3) is 0 Å². The molecule has 2 rings (SSSR count). The van der Waals surface area contributed by atoms with Crippen LogP contribution in [-0.4, -0.2) is 18.8 Å². The first kappa shape index (κ1) is 15.5. The van der Waals surface area contributed by atoms with Gasteiger partial charge in [0.25, 0.3) is 5.91 Å². The molecule has 0 saturated heterocycles. The van der Waals surface area contributed by atoms with Crippen molar-refractivity contribution in [2.24, 2.45) is 0 Å². The van der Waals surface area contributed by atoms with Crippen LogP contribution < -0.4 is 10.1 Å². The van der Waals surface area contributed by atoms with Gasteiger partial charge in [0.05, 0.1) is 20.7 Å². The van der Waals surface area contributed by atoms with E-state index < -0.39 is 0 Å². The third kappa shape index (κ3) is 4.06. The van der Waals surface area contributed by atoms with Crippen molar-refractivity contribution < 1.29 is 14.3 Å². The van der Waals surface area contributed by atoms with Gasteiger partial charge in [-0.15, -0.1) is 0 Å². The predicted molar refractivity (Wildman–Crippen MR) is 85.1 cm³/mol. The number of para-hydroxylation sites is 2. The molecule has 6 heteroatoms. The molecule has 0 radical (unpaired) electrons. The van der Waals surface area contributed by atoms with E-state index in [9.17, 15) is 9.59 Å². The van der Waals surface area contributed by atoms with Crippen molar-refractivity contribution in [3.05, 3.63) is 57.5 Å². The summed E-state index contributed by atoms with van der Waals surface area (Å²) in [6, 6.07) is 12.0. The highest BCUT2D eigenvalue weighted by atomic mass is 79.9. The van der Waals surface area contributed by atoms with Gasteiger partial charge in [-0.3, -0.25) is 9.59 Å². The van der Waals surface area contributed by atoms with Crippen molar-refractivity contribution in [1.82, 2.24) is 0 Å². The van der Waals surface area contributed by atoms with E-state index in [-0.39, 0.29) is 12.5 Å². The molecular formula is C15H11BrClNO3. The molecular weight excluding hydrogens is 358 g/mol. The van der Waals surface area contributed by atoms with E-state index in [1.54, 1.807) is 42.5 Å². The minimum atomic E-state index is -0.365. The van der Waals surface area contributed by atoms with E-state index in [2.05, 4.69) is 21.2 Å². The number of anilines is 1. The maximum atomic E-state index is 11.9. The van der Waals surface area contributed by atoms with E-state index in [4.69, 9.17) is 16.3 Å². The lowest BCUT2D eigenvalue weighted by molar-refractivity contribution is -0.118. The van der Waals surface area contributed by atoms with Gasteiger partial charge >= 0.3 is 0 Å². The van der Waals surface area contributed by atoms with Gasteiger partial charge in [0.15, 0.2) is 12.9 Å². The van der Waals surface area contributed by atoms with E-state index in [0.717, 1.165) is 0 Å². The Morgan fingerprint density at radius 3 is 2.71 bits per heavy atom. The van der Waals surface area contributed by atoms with Gasteiger partial charge in [-0.1, -0.05) is 29.8 Å². The van der Waals surface area contributed by atoms with E-state index >= 15 is 0 Å². The predicted octanol–water partition coefficient (Wildman–Crippen LogP) is 3.93. The lowest BCUT2D eigenvalue weighted by atomic mass is 10.2. The molecule has 0 saturated carbocycles. The summed E-state index contributed by atoms with van der Waals surface area (Å²) in [5, 5.41) is 3.08. The summed E-state index contributed by atoms with van der Waals surface area (Å²) in [6.45, 7) is -0.228. The summed E-state index contributed by atoms with van der Waals surface area (Å²) in [4.78, 5) is 22.8. The second-order valence-electron chi connectivity index (χ2n) is 4.09. The second kappa shape index (κ2) is 7.24. The molecule has 0 heterocycles. The van der Waals surface area contributed by atoms with Gasteiger partial charge in [0.2, 0.25) is 0 Å². The van der Waals surface area contributed by atoms with Crippen LogP contribution in [-0.2, 0) is 4.79 Å². The fourth-order valence-corrected chi connectivity index (χ4v) is 2.34. The number of amides is 1. The van der Waals surface area contributed by atoms with Crippen molar-refractivity contribution in [2.75, 3.05) is 11.9 Å². The van der Waals surface area contributed by atoms with Crippen LogP contribution in [0.3, 0.4) is 0 Å². The van der Waals surface area contributed by atoms with Crippen molar-refractivity contribution in [2.45, 2.75) is 0 Å². The Morgan fingerprint density at radius 1 is 1.24 bits per heavy atom. The van der Waals surface area contributed by atoms with Crippen molar-refractivity contribution in [3.8, 4) is 5.75 Å². The van der Waals surface area contributed by atoms with Crippen LogP contribution in [0.1, 0.15) is 10.4 Å². The zero-order chi connectivity index (χ0) is 15.2. The number of nitrogens with one attached hydrogen (secondary N) is 1. The molecule has 0 atom stereocenters. The summed E-state index contributed by atoms with van der Waals surface area (Å²) in [6.07, 6.45) is 0.673. The monoisotopic (exact) mass is 367 g/mol. The Morgan fingerprint density at radius 2 is 2.00 bits per heavy atom. The highest BCUT2D eigenvalue weighted by Gasteiger charge is 2.11. The molecule has 1 N–H and O–H groups in total. The maximum Gasteiger partial charge on any atom is 0.262 e. The summed E-state index contributed by atoms with van der Waals surface area (Å²) < 4.78 is 6.01. The Kier molecular flexibility index (Phi) is 5.36. The molecule has 0 unspecified atom stereocenters. The van der Waals surface area contributed by atoms with Crippen molar-refractivity contribution in [1.29, 1.82) is 0 Å². The van der Waals surface area contributed by atoms with Gasteiger partial charge in [-0.25, -0.2) is 0 Å². The number of halogens is 2. The van der Waals surface area contributed by atoms with Crippen LogP contribution in [0.15, 0.2) is 46.9 Å². The zero-order valence-corrected chi connectivity index (χ0v) is 13.1. The largest absolute Gasteiger partial charge is 0.482 e. The first-order valence-corrected chi connectivity index (χ1v) is 7.20. The smallest absolute Gasteiger partial charge is 0.262 e. The summed E-state index contributed by atoms with van der Waals surface area (Å²) in [7, 11) is 0. The average Bonchev–Trinajstić information content (AvgIpc) is 2.48. The fraction of sp³-hybridized carbons (Fsp3) is 0.0667. The number of carbonyl (C=O) groups excluding carboxylic acids is 2. The Bertz CT molecular complexity index is 676. The summed E-state index contributed by atoms with van der Waals surface area (Å²) >= 11 is 9.23. The molecule has 0 fully saturated rings. The molecule has 2 aromatic carbocycles. The van der Waals surface area contributed by atoms with Crippen molar-refractivity contribution >= 4 is 45.4 Å². The fourth-order valence-electron chi connectivity index (χ4n) is 1.66. The van der Waals surface area contributed by atoms with Crippen LogP contribution in [0.2, 0.25) is 5.02 Å². The molecule has 108 valence electrons. The SMILES string of the molecule is O=Cc1cccc(Br)c1OCC(=O)Nc1ccccc1Cl. The van der Waals surface area contributed by atoms with Gasteiger partial charge < -0.3 is 10.1 Å². The Hall–Kier alpha value is -1.85. The highest BCUT2D eigenvalue weighted by Crippen LogP contribution is 2.28. The average molecular weight is 369 g/mol. The Balaban J connectivity index is 2.02. The molecule has 0 spiro atoms. The molecule has 2 aromatic rings. The van der Waals surface area contributed by atoms with Crippen LogP contribution in [0, 0.1) is 0 Å². The third-order valence-electron chi connectivity index (χ3n) is 2.62. The topological polar surface area (TPSA) is 55.4 Å². The first-order valence-electron chi connectivity index (χ1n) is 6.02. The summed E-state index contributed by atoms with van der Waals surface area (Å²) in [5.41, 5.74) is 0.880. The molecule has 0 aliphatic heterocycles. The number of rotatable bonds is 5. The molecule has 1 amide bonds. The number of carbonyl (C=O) groups is 2. The molecule has 0 aromatic heterocycles. The maximum absolute atomic E-state index is 11.9. The second-order valence-corrected chi connectivity index (χ2v) is 5.35. The van der Waals surface area contributed by atoms with E-state index in [0.29, 0.717) is 32.8 Å². The number of ether oxygens (including phenoxy) is 1. The van der Waals surface area contributed by atoms with Crippen LogP contribution in [0.5, 0.6) is 5.75 Å². The first-order chi connectivity index (χ1) is 10.1. The quantitative estimate of drug-likeness (QED) is 0.814. The molecule has 21 heavy (non-hydrogen) atoms. The van der Waals surface area contributed by atoms with Gasteiger partial charge in [0, 0.05) is 0 Å². The normalized spacial score (nSPS) is 10.0. The molecule has 0 aliphatic carbocycles. The minimum Gasteiger partial charge on any atom is -0.482 e. The van der Waals surface area contributed by atoms with Crippen molar-refractivity contribution in [3.63, 3.8) is 0 Å². The molecule has 0 aliphatic rings.